The van der Waals surface area contributed by atoms with Crippen molar-refractivity contribution < 1.29 is 9.90 Å². The summed E-state index contributed by atoms with van der Waals surface area (Å²) in [7, 11) is 0. The molecule has 3 nitrogen and oxygen atoms in total. The van der Waals surface area contributed by atoms with Crippen LogP contribution < -0.4 is 0 Å². The molecular weight excluding hydrogens is 258 g/mol. The maximum atomic E-state index is 10.6. The SMILES string of the molecule is O=C(O)Cc1nccc2c(Br)cccc12. The lowest BCUT2D eigenvalue weighted by Crippen LogP contribution is -2.02. The number of carboxylic acid groups (broad SMARTS) is 1. The largest absolute Gasteiger partial charge is 0.481 e. The first-order valence-electron chi connectivity index (χ1n) is 4.42. The Morgan fingerprint density at radius 2 is 2.13 bits per heavy atom. The number of carbonyl (C=O) groups is 1. The smallest absolute Gasteiger partial charge is 0.309 e. The van der Waals surface area contributed by atoms with E-state index in [4.69, 9.17) is 5.11 Å². The Morgan fingerprint density at radius 3 is 2.87 bits per heavy atom. The molecule has 15 heavy (non-hydrogen) atoms. The number of fused-ring (bicyclic) bond motifs is 1. The van der Waals surface area contributed by atoms with Gasteiger partial charge in [0.2, 0.25) is 0 Å². The van der Waals surface area contributed by atoms with Crippen LogP contribution in [0.4, 0.5) is 0 Å². The number of halogens is 1. The van der Waals surface area contributed by atoms with Gasteiger partial charge in [0.15, 0.2) is 0 Å². The van der Waals surface area contributed by atoms with Crippen LogP contribution in [0.3, 0.4) is 0 Å². The predicted octanol–water partition coefficient (Wildman–Crippen LogP) is 2.62. The molecule has 0 bridgehead atoms. The molecule has 0 saturated heterocycles. The van der Waals surface area contributed by atoms with E-state index in [-0.39, 0.29) is 6.42 Å². The first-order valence-corrected chi connectivity index (χ1v) is 5.21. The van der Waals surface area contributed by atoms with Crippen molar-refractivity contribution in [2.75, 3.05) is 0 Å². The Labute approximate surface area is 94.9 Å². The van der Waals surface area contributed by atoms with Crippen LogP contribution in [0.25, 0.3) is 10.8 Å². The molecule has 0 fully saturated rings. The lowest BCUT2D eigenvalue weighted by molar-refractivity contribution is -0.136. The van der Waals surface area contributed by atoms with E-state index in [1.807, 2.05) is 24.3 Å². The molecule has 0 unspecified atom stereocenters. The molecule has 0 aliphatic heterocycles. The topological polar surface area (TPSA) is 50.2 Å². The van der Waals surface area contributed by atoms with Crippen LogP contribution in [-0.2, 0) is 11.2 Å². The standard InChI is InChI=1S/C11H8BrNO2/c12-9-3-1-2-8-7(9)4-5-13-10(8)6-11(14)15/h1-5H,6H2,(H,14,15). The molecule has 4 heteroatoms. The number of aliphatic carboxylic acids is 1. The van der Waals surface area contributed by atoms with E-state index in [1.54, 1.807) is 6.20 Å². The normalized spacial score (nSPS) is 10.5. The maximum absolute atomic E-state index is 10.6. The van der Waals surface area contributed by atoms with Gasteiger partial charge in [-0.2, -0.15) is 0 Å². The minimum Gasteiger partial charge on any atom is -0.481 e. The van der Waals surface area contributed by atoms with Crippen molar-refractivity contribution in [3.63, 3.8) is 0 Å². The number of rotatable bonds is 2. The average Bonchev–Trinajstić information content (AvgIpc) is 2.19. The summed E-state index contributed by atoms with van der Waals surface area (Å²) < 4.78 is 0.953. The van der Waals surface area contributed by atoms with Crippen molar-refractivity contribution in [1.82, 2.24) is 4.98 Å². The summed E-state index contributed by atoms with van der Waals surface area (Å²) in [5.74, 6) is -0.866. The first-order chi connectivity index (χ1) is 7.18. The zero-order valence-corrected chi connectivity index (χ0v) is 9.36. The summed E-state index contributed by atoms with van der Waals surface area (Å²) in [6.45, 7) is 0. The number of benzene rings is 1. The highest BCUT2D eigenvalue weighted by atomic mass is 79.9. The minimum atomic E-state index is -0.866. The van der Waals surface area contributed by atoms with Crippen molar-refractivity contribution in [2.24, 2.45) is 0 Å². The third-order valence-corrected chi connectivity index (χ3v) is 2.85. The van der Waals surface area contributed by atoms with Crippen molar-refractivity contribution in [2.45, 2.75) is 6.42 Å². The van der Waals surface area contributed by atoms with Crippen molar-refractivity contribution in [3.8, 4) is 0 Å². The van der Waals surface area contributed by atoms with Gasteiger partial charge in [0.05, 0.1) is 12.1 Å². The van der Waals surface area contributed by atoms with Gasteiger partial charge < -0.3 is 5.11 Å². The van der Waals surface area contributed by atoms with Gasteiger partial charge in [0, 0.05) is 16.1 Å². The van der Waals surface area contributed by atoms with E-state index >= 15 is 0 Å². The third kappa shape index (κ3) is 1.99. The van der Waals surface area contributed by atoms with E-state index < -0.39 is 5.97 Å². The van der Waals surface area contributed by atoms with E-state index in [1.165, 1.54) is 0 Å². The fourth-order valence-electron chi connectivity index (χ4n) is 1.51. The Bertz CT molecular complexity index is 525. The van der Waals surface area contributed by atoms with E-state index in [9.17, 15) is 4.79 Å². The lowest BCUT2D eigenvalue weighted by Gasteiger charge is -2.04. The Morgan fingerprint density at radius 1 is 1.33 bits per heavy atom. The van der Waals surface area contributed by atoms with Gasteiger partial charge in [-0.15, -0.1) is 0 Å². The molecule has 76 valence electrons. The molecule has 0 radical (unpaired) electrons. The fourth-order valence-corrected chi connectivity index (χ4v) is 2.01. The average molecular weight is 266 g/mol. The molecule has 1 heterocycles. The quantitative estimate of drug-likeness (QED) is 0.908. The van der Waals surface area contributed by atoms with E-state index in [0.29, 0.717) is 5.69 Å². The molecule has 2 aromatic rings. The zero-order valence-electron chi connectivity index (χ0n) is 7.77. The molecule has 1 N–H and O–H groups in total. The number of hydrogen-bond donors (Lipinski definition) is 1. The maximum Gasteiger partial charge on any atom is 0.309 e. The molecular formula is C11H8BrNO2. The number of pyridine rings is 1. The summed E-state index contributed by atoms with van der Waals surface area (Å²) >= 11 is 3.42. The van der Waals surface area contributed by atoms with Crippen molar-refractivity contribution in [3.05, 3.63) is 40.6 Å². The predicted molar refractivity (Wildman–Crippen MR) is 60.8 cm³/mol. The molecule has 2 rings (SSSR count). The molecule has 0 amide bonds. The van der Waals surface area contributed by atoms with Crippen LogP contribution in [0.5, 0.6) is 0 Å². The van der Waals surface area contributed by atoms with Crippen LogP contribution in [-0.4, -0.2) is 16.1 Å². The molecule has 0 atom stereocenters. The number of hydrogen-bond acceptors (Lipinski definition) is 2. The highest BCUT2D eigenvalue weighted by Gasteiger charge is 2.07. The highest BCUT2D eigenvalue weighted by molar-refractivity contribution is 9.10. The zero-order chi connectivity index (χ0) is 10.8. The first kappa shape index (κ1) is 10.1. The summed E-state index contributed by atoms with van der Waals surface area (Å²) in [6, 6.07) is 7.54. The van der Waals surface area contributed by atoms with Crippen LogP contribution in [0.2, 0.25) is 0 Å². The number of nitrogens with zero attached hydrogens (tertiary/aromatic N) is 1. The lowest BCUT2D eigenvalue weighted by atomic mass is 10.1. The van der Waals surface area contributed by atoms with E-state index in [2.05, 4.69) is 20.9 Å². The molecule has 0 saturated carbocycles. The van der Waals surface area contributed by atoms with Crippen LogP contribution in [0.15, 0.2) is 34.9 Å². The van der Waals surface area contributed by atoms with Gasteiger partial charge in [0.25, 0.3) is 0 Å². The molecule has 1 aromatic heterocycles. The summed E-state index contributed by atoms with van der Waals surface area (Å²) in [5.41, 5.74) is 0.598. The fraction of sp³-hybridized carbons (Fsp3) is 0.0909. The Balaban J connectivity index is 2.65. The molecule has 0 aliphatic carbocycles. The van der Waals surface area contributed by atoms with Gasteiger partial charge in [-0.1, -0.05) is 28.1 Å². The number of aromatic nitrogens is 1. The van der Waals surface area contributed by atoms with Crippen molar-refractivity contribution in [1.29, 1.82) is 0 Å². The Kier molecular flexibility index (Phi) is 2.68. The summed E-state index contributed by atoms with van der Waals surface area (Å²) in [6.07, 6.45) is 1.58. The van der Waals surface area contributed by atoms with Gasteiger partial charge >= 0.3 is 5.97 Å². The summed E-state index contributed by atoms with van der Waals surface area (Å²) in [5, 5.41) is 10.6. The summed E-state index contributed by atoms with van der Waals surface area (Å²) in [4.78, 5) is 14.7. The molecule has 0 spiro atoms. The number of carboxylic acids is 1. The second kappa shape index (κ2) is 3.98. The van der Waals surface area contributed by atoms with Crippen LogP contribution in [0.1, 0.15) is 5.69 Å². The molecule has 0 aliphatic rings. The van der Waals surface area contributed by atoms with E-state index in [0.717, 1.165) is 15.2 Å². The van der Waals surface area contributed by atoms with Gasteiger partial charge in [-0.05, 0) is 17.5 Å². The monoisotopic (exact) mass is 265 g/mol. The second-order valence-corrected chi connectivity index (χ2v) is 4.02. The van der Waals surface area contributed by atoms with Crippen LogP contribution >= 0.6 is 15.9 Å². The highest BCUT2D eigenvalue weighted by Crippen LogP contribution is 2.25. The van der Waals surface area contributed by atoms with Crippen molar-refractivity contribution >= 4 is 32.7 Å². The second-order valence-electron chi connectivity index (χ2n) is 3.16. The molecule has 1 aromatic carbocycles. The van der Waals surface area contributed by atoms with Gasteiger partial charge in [-0.25, -0.2) is 0 Å². The Hall–Kier alpha value is -1.42. The third-order valence-electron chi connectivity index (χ3n) is 2.15. The van der Waals surface area contributed by atoms with Gasteiger partial charge in [0.1, 0.15) is 0 Å². The minimum absolute atomic E-state index is 0.0478. The van der Waals surface area contributed by atoms with Crippen LogP contribution in [0, 0.1) is 0 Å². The van der Waals surface area contributed by atoms with Gasteiger partial charge in [-0.3, -0.25) is 9.78 Å².